The van der Waals surface area contributed by atoms with E-state index >= 15 is 0 Å². The number of hydrogen-bond acceptors (Lipinski definition) is 3. The number of fused-ring (bicyclic) bond motifs is 3. The molecule has 3 aliphatic heterocycles. The number of nitrogens with one attached hydrogen (secondary N) is 1. The smallest absolute Gasteiger partial charge is 0.123 e. The van der Waals surface area contributed by atoms with Crippen LogP contribution in [0.2, 0.25) is 0 Å². The number of rotatable bonds is 7. The average molecular weight is 570 g/mol. The van der Waals surface area contributed by atoms with Crippen molar-refractivity contribution in [3.8, 4) is 5.75 Å². The van der Waals surface area contributed by atoms with Gasteiger partial charge in [0.25, 0.3) is 0 Å². The first kappa shape index (κ1) is 23.1. The summed E-state index contributed by atoms with van der Waals surface area (Å²) >= 11 is 7.25. The molecule has 3 heterocycles. The van der Waals surface area contributed by atoms with E-state index in [1.165, 1.54) is 42.6 Å². The molecule has 0 aromatic heterocycles. The van der Waals surface area contributed by atoms with Crippen LogP contribution in [0.3, 0.4) is 0 Å². The third-order valence-corrected chi connectivity index (χ3v) is 8.45. The molecule has 3 fully saturated rings. The Bertz CT molecular complexity index is 1020. The normalized spacial score (nSPS) is 24.2. The number of nitrogens with zero attached hydrogens (tertiary/aromatic N) is 1. The van der Waals surface area contributed by atoms with Gasteiger partial charge in [-0.2, -0.15) is 0 Å². The highest BCUT2D eigenvalue weighted by atomic mass is 79.9. The van der Waals surface area contributed by atoms with Gasteiger partial charge in [-0.1, -0.05) is 74.3 Å². The van der Waals surface area contributed by atoms with Crippen molar-refractivity contribution in [3.05, 3.63) is 98.4 Å². The Morgan fingerprint density at radius 2 is 1.45 bits per heavy atom. The molecular weight excluding hydrogens is 540 g/mol. The molecule has 1 N–H and O–H groups in total. The van der Waals surface area contributed by atoms with Gasteiger partial charge in [-0.05, 0) is 73.3 Å². The molecule has 0 spiro atoms. The van der Waals surface area contributed by atoms with Crippen molar-refractivity contribution in [2.75, 3.05) is 20.2 Å². The zero-order valence-corrected chi connectivity index (χ0v) is 22.1. The molecule has 0 radical (unpaired) electrons. The molecule has 3 nitrogen and oxygen atoms in total. The van der Waals surface area contributed by atoms with Gasteiger partial charge in [-0.15, -0.1) is 0 Å². The Hall–Kier alpha value is -1.66. The molecule has 3 aromatic carbocycles. The fourth-order valence-electron chi connectivity index (χ4n) is 5.79. The number of ether oxygens (including phenoxy) is 1. The average Bonchev–Trinajstić information content (AvgIpc) is 2.86. The summed E-state index contributed by atoms with van der Waals surface area (Å²) in [6.45, 7) is 3.19. The first-order valence-electron chi connectivity index (χ1n) is 11.7. The van der Waals surface area contributed by atoms with Crippen molar-refractivity contribution in [1.82, 2.24) is 10.2 Å². The van der Waals surface area contributed by atoms with E-state index in [2.05, 4.69) is 109 Å². The summed E-state index contributed by atoms with van der Waals surface area (Å²) < 4.78 is 7.87. The highest BCUT2D eigenvalue weighted by molar-refractivity contribution is 9.10. The summed E-state index contributed by atoms with van der Waals surface area (Å²) in [7, 11) is 1.76. The Labute approximate surface area is 213 Å². The molecule has 172 valence electrons. The minimum atomic E-state index is 0.310. The molecule has 0 saturated carbocycles. The van der Waals surface area contributed by atoms with E-state index in [0.717, 1.165) is 21.2 Å². The fourth-order valence-corrected chi connectivity index (χ4v) is 6.32. The predicted octanol–water partition coefficient (Wildman–Crippen LogP) is 6.60. The monoisotopic (exact) mass is 568 g/mol. The van der Waals surface area contributed by atoms with Crippen molar-refractivity contribution >= 4 is 31.9 Å². The lowest BCUT2D eigenvalue weighted by Crippen LogP contribution is -2.64. The largest absolute Gasteiger partial charge is 0.496 e. The van der Waals surface area contributed by atoms with E-state index in [9.17, 15) is 0 Å². The maximum Gasteiger partial charge on any atom is 0.123 e. The molecule has 2 unspecified atom stereocenters. The molecule has 3 aromatic rings. The third kappa shape index (κ3) is 4.93. The minimum absolute atomic E-state index is 0.310. The van der Waals surface area contributed by atoms with Gasteiger partial charge in [0.05, 0.1) is 7.11 Å². The first-order chi connectivity index (χ1) is 16.1. The van der Waals surface area contributed by atoms with Gasteiger partial charge in [-0.3, -0.25) is 4.90 Å². The van der Waals surface area contributed by atoms with Crippen molar-refractivity contribution in [1.29, 1.82) is 0 Å². The standard InChI is InChI=1S/C28H30Br2N2O/c1-33-25-5-3-2-4-22(25)18-31-27-21-14-16-32(17-15-21)28(27)26(19-6-10-23(29)11-7-19)20-8-12-24(30)13-9-20/h2-13,21,26-28,31H,14-18H2,1H3. The topological polar surface area (TPSA) is 24.5 Å². The summed E-state index contributed by atoms with van der Waals surface area (Å²) in [5, 5.41) is 4.00. The zero-order chi connectivity index (χ0) is 22.8. The summed E-state index contributed by atoms with van der Waals surface area (Å²) in [4.78, 5) is 2.73. The second-order valence-electron chi connectivity index (χ2n) is 9.16. The summed E-state index contributed by atoms with van der Waals surface area (Å²) in [6, 6.07) is 27.1. The lowest BCUT2D eigenvalue weighted by molar-refractivity contribution is 0.00462. The lowest BCUT2D eigenvalue weighted by Gasteiger charge is -2.54. The highest BCUT2D eigenvalue weighted by Crippen LogP contribution is 2.42. The molecular formula is C28H30Br2N2O. The maximum atomic E-state index is 5.62. The van der Waals surface area contributed by atoms with Crippen LogP contribution in [0.5, 0.6) is 5.75 Å². The molecule has 0 amide bonds. The van der Waals surface area contributed by atoms with Crippen LogP contribution in [-0.2, 0) is 6.54 Å². The van der Waals surface area contributed by atoms with Gasteiger partial charge >= 0.3 is 0 Å². The van der Waals surface area contributed by atoms with E-state index in [4.69, 9.17) is 4.74 Å². The zero-order valence-electron chi connectivity index (χ0n) is 18.9. The molecule has 3 aliphatic rings. The number of para-hydroxylation sites is 1. The number of halogens is 2. The van der Waals surface area contributed by atoms with Crippen LogP contribution in [0.25, 0.3) is 0 Å². The van der Waals surface area contributed by atoms with Crippen LogP contribution >= 0.6 is 31.9 Å². The van der Waals surface area contributed by atoms with Crippen LogP contribution in [0.4, 0.5) is 0 Å². The van der Waals surface area contributed by atoms with Crippen LogP contribution in [-0.4, -0.2) is 37.2 Å². The number of methoxy groups -OCH3 is 1. The van der Waals surface area contributed by atoms with Crippen LogP contribution in [0, 0.1) is 5.92 Å². The van der Waals surface area contributed by atoms with Crippen LogP contribution < -0.4 is 10.1 Å². The van der Waals surface area contributed by atoms with Gasteiger partial charge in [0.1, 0.15) is 5.75 Å². The van der Waals surface area contributed by atoms with Crippen molar-refractivity contribution in [2.24, 2.45) is 5.92 Å². The van der Waals surface area contributed by atoms with Gasteiger partial charge in [0.15, 0.2) is 0 Å². The molecule has 5 heteroatoms. The molecule has 0 aliphatic carbocycles. The Morgan fingerprint density at radius 1 is 0.879 bits per heavy atom. The second kappa shape index (κ2) is 10.3. The Kier molecular flexibility index (Phi) is 7.21. The van der Waals surface area contributed by atoms with Crippen LogP contribution in [0.15, 0.2) is 81.7 Å². The lowest BCUT2D eigenvalue weighted by atomic mass is 9.70. The van der Waals surface area contributed by atoms with E-state index in [1.54, 1.807) is 7.11 Å². The number of benzene rings is 3. The van der Waals surface area contributed by atoms with Gasteiger partial charge < -0.3 is 10.1 Å². The SMILES string of the molecule is COc1ccccc1CNC1C2CCN(CC2)C1C(c1ccc(Br)cc1)c1ccc(Br)cc1. The summed E-state index contributed by atoms with van der Waals surface area (Å²) in [5.74, 6) is 1.97. The summed E-state index contributed by atoms with van der Waals surface area (Å²) in [5.41, 5.74) is 3.98. The van der Waals surface area contributed by atoms with Crippen molar-refractivity contribution < 1.29 is 4.74 Å². The molecule has 2 atom stereocenters. The summed E-state index contributed by atoms with van der Waals surface area (Å²) in [6.07, 6.45) is 2.54. The van der Waals surface area contributed by atoms with E-state index in [-0.39, 0.29) is 0 Å². The Morgan fingerprint density at radius 3 is 2.03 bits per heavy atom. The number of hydrogen-bond donors (Lipinski definition) is 1. The van der Waals surface area contributed by atoms with Crippen molar-refractivity contribution in [3.63, 3.8) is 0 Å². The highest BCUT2D eigenvalue weighted by Gasteiger charge is 2.46. The molecule has 33 heavy (non-hydrogen) atoms. The van der Waals surface area contributed by atoms with E-state index in [0.29, 0.717) is 23.9 Å². The Balaban J connectivity index is 1.51. The van der Waals surface area contributed by atoms with Gasteiger partial charge in [0, 0.05) is 39.1 Å². The quantitative estimate of drug-likeness (QED) is 0.347. The van der Waals surface area contributed by atoms with E-state index < -0.39 is 0 Å². The molecule has 3 saturated heterocycles. The van der Waals surface area contributed by atoms with Gasteiger partial charge in [0.2, 0.25) is 0 Å². The van der Waals surface area contributed by atoms with Crippen LogP contribution in [0.1, 0.15) is 35.4 Å². The van der Waals surface area contributed by atoms with Crippen molar-refractivity contribution in [2.45, 2.75) is 37.4 Å². The second-order valence-corrected chi connectivity index (χ2v) is 11.0. The maximum absolute atomic E-state index is 5.62. The van der Waals surface area contributed by atoms with Gasteiger partial charge in [-0.25, -0.2) is 0 Å². The number of piperidine rings is 3. The predicted molar refractivity (Wildman–Crippen MR) is 142 cm³/mol. The first-order valence-corrected chi connectivity index (χ1v) is 13.3. The van der Waals surface area contributed by atoms with E-state index in [1.807, 2.05) is 6.07 Å². The third-order valence-electron chi connectivity index (χ3n) is 7.39. The molecule has 6 rings (SSSR count). The fraction of sp³-hybridized carbons (Fsp3) is 0.357. The molecule has 2 bridgehead atoms. The minimum Gasteiger partial charge on any atom is -0.496 e.